The molecule has 0 aromatic heterocycles. The third kappa shape index (κ3) is 14.6. The molecule has 0 saturated carbocycles. The number of nitrogens with one attached hydrogen (secondary N) is 1. The summed E-state index contributed by atoms with van der Waals surface area (Å²) in [6, 6.07) is -1.14. The van der Waals surface area contributed by atoms with Gasteiger partial charge >= 0.3 is 12.1 Å². The summed E-state index contributed by atoms with van der Waals surface area (Å²) in [5.41, 5.74) is 10.3. The van der Waals surface area contributed by atoms with Gasteiger partial charge in [-0.2, -0.15) is 0 Å². The molecule has 0 aromatic carbocycles. The number of aliphatic carboxylic acids is 1. The number of carboxylic acid groups (broad SMARTS) is 2. The molecule has 1 saturated heterocycles. The van der Waals surface area contributed by atoms with E-state index in [9.17, 15) is 18.0 Å². The molecule has 0 bridgehead atoms. The highest BCUT2D eigenvalue weighted by Crippen LogP contribution is 2.07. The van der Waals surface area contributed by atoms with Crippen molar-refractivity contribution in [3.8, 4) is 0 Å². The minimum Gasteiger partial charge on any atom is -0.480 e. The van der Waals surface area contributed by atoms with Crippen molar-refractivity contribution >= 4 is 28.0 Å². The van der Waals surface area contributed by atoms with Crippen LogP contribution < -0.4 is 16.2 Å². The number of hydrogen-bond acceptors (Lipinski definition) is 5. The normalized spacial score (nSPS) is 15.0. The predicted octanol–water partition coefficient (Wildman–Crippen LogP) is 0.753. The topological polar surface area (TPSA) is 188 Å². The molecule has 7 N–H and O–H groups in total. The molecule has 11 nitrogen and oxygen atoms in total. The van der Waals surface area contributed by atoms with Crippen molar-refractivity contribution in [2.75, 3.05) is 25.4 Å². The fourth-order valence-corrected chi connectivity index (χ4v) is 3.99. The van der Waals surface area contributed by atoms with E-state index in [0.29, 0.717) is 12.8 Å². The molecule has 0 radical (unpaired) electrons. The average Bonchev–Trinajstić information content (AvgIpc) is 2.65. The molecular weight excluding hydrogens is 402 g/mol. The number of piperidine rings is 1. The van der Waals surface area contributed by atoms with E-state index in [-0.39, 0.29) is 24.7 Å². The minimum absolute atomic E-state index is 0.0570. The van der Waals surface area contributed by atoms with Crippen molar-refractivity contribution < 1.29 is 28.2 Å². The number of guanidine groups is 1. The first-order valence-electron chi connectivity index (χ1n) is 9.85. The number of nitrogens with zero attached hydrogens (tertiary/aromatic N) is 2. The van der Waals surface area contributed by atoms with Crippen LogP contribution in [0.3, 0.4) is 0 Å². The van der Waals surface area contributed by atoms with Gasteiger partial charge in [0.2, 0.25) is 10.0 Å². The van der Waals surface area contributed by atoms with Gasteiger partial charge in [0.25, 0.3) is 0 Å². The van der Waals surface area contributed by atoms with E-state index >= 15 is 0 Å². The van der Waals surface area contributed by atoms with Gasteiger partial charge < -0.3 is 26.6 Å². The fourth-order valence-electron chi connectivity index (χ4n) is 2.64. The van der Waals surface area contributed by atoms with Crippen molar-refractivity contribution in [2.45, 2.75) is 64.3 Å². The van der Waals surface area contributed by atoms with Crippen LogP contribution in [-0.4, -0.2) is 73.0 Å². The monoisotopic (exact) mass is 437 g/mol. The summed E-state index contributed by atoms with van der Waals surface area (Å²) < 4.78 is 25.6. The third-order valence-electron chi connectivity index (χ3n) is 4.21. The number of likely N-dealkylation sites (tertiary alicyclic amines) is 1. The second-order valence-corrected chi connectivity index (χ2v) is 8.69. The maximum atomic E-state index is 11.7. The number of hydrogen-bond donors (Lipinski definition) is 5. The zero-order valence-corrected chi connectivity index (χ0v) is 17.9. The van der Waals surface area contributed by atoms with Crippen LogP contribution in [-0.2, 0) is 14.8 Å². The Morgan fingerprint density at radius 1 is 1.10 bits per heavy atom. The molecule has 1 aliphatic rings. The molecule has 1 amide bonds. The Hall–Kier alpha value is -2.08. The number of aliphatic imine (C=N–C) groups is 1. The maximum absolute atomic E-state index is 11.7. The summed E-state index contributed by atoms with van der Waals surface area (Å²) in [6.45, 7) is 3.69. The number of carboxylic acids is 1. The number of sulfonamides is 1. The van der Waals surface area contributed by atoms with E-state index in [4.69, 9.17) is 21.7 Å². The number of unbranched alkanes of at least 4 members (excludes halogenated alkanes) is 2. The molecule has 170 valence electrons. The van der Waals surface area contributed by atoms with Crippen LogP contribution in [0.2, 0.25) is 0 Å². The van der Waals surface area contributed by atoms with Gasteiger partial charge in [-0.05, 0) is 38.5 Å². The maximum Gasteiger partial charge on any atom is 0.407 e. The Morgan fingerprint density at radius 2 is 1.72 bits per heavy atom. The Kier molecular flexibility index (Phi) is 13.8. The Balaban J connectivity index is 0.000000717. The first kappa shape index (κ1) is 26.9. The van der Waals surface area contributed by atoms with E-state index in [1.54, 1.807) is 0 Å². The van der Waals surface area contributed by atoms with Crippen LogP contribution in [0, 0.1) is 0 Å². The van der Waals surface area contributed by atoms with Crippen molar-refractivity contribution in [3.05, 3.63) is 0 Å². The van der Waals surface area contributed by atoms with E-state index in [1.165, 1.54) is 11.3 Å². The van der Waals surface area contributed by atoms with Crippen LogP contribution >= 0.6 is 0 Å². The van der Waals surface area contributed by atoms with E-state index < -0.39 is 28.1 Å². The van der Waals surface area contributed by atoms with Crippen molar-refractivity contribution in [1.82, 2.24) is 9.62 Å². The molecular formula is C17H35N5O6S. The summed E-state index contributed by atoms with van der Waals surface area (Å²) in [5.74, 6) is -1.33. The van der Waals surface area contributed by atoms with Gasteiger partial charge in [0.15, 0.2) is 5.96 Å². The smallest absolute Gasteiger partial charge is 0.407 e. The Morgan fingerprint density at radius 3 is 2.17 bits per heavy atom. The molecule has 0 aromatic rings. The van der Waals surface area contributed by atoms with Gasteiger partial charge in [0.1, 0.15) is 6.04 Å². The van der Waals surface area contributed by atoms with Crippen LogP contribution in [0.1, 0.15) is 58.3 Å². The SMILES string of the molecule is CCCCCS(=O)(=O)N[C@@H](CCCN=C(N)N)C(=O)O.O=C(O)N1CCCCC1. The highest BCUT2D eigenvalue weighted by Gasteiger charge is 2.23. The quantitative estimate of drug-likeness (QED) is 0.178. The fraction of sp³-hybridized carbons (Fsp3) is 0.824. The van der Waals surface area contributed by atoms with Crippen molar-refractivity contribution in [2.24, 2.45) is 16.5 Å². The summed E-state index contributed by atoms with van der Waals surface area (Å²) in [7, 11) is -3.57. The highest BCUT2D eigenvalue weighted by atomic mass is 32.2. The molecule has 29 heavy (non-hydrogen) atoms. The molecule has 0 unspecified atom stereocenters. The summed E-state index contributed by atoms with van der Waals surface area (Å²) >= 11 is 0. The Labute approximate surface area is 172 Å². The summed E-state index contributed by atoms with van der Waals surface area (Å²) in [5, 5.41) is 17.5. The van der Waals surface area contributed by atoms with Gasteiger partial charge in [-0.3, -0.25) is 9.79 Å². The second-order valence-electron chi connectivity index (χ2n) is 6.81. The predicted molar refractivity (Wildman–Crippen MR) is 111 cm³/mol. The van der Waals surface area contributed by atoms with Crippen LogP contribution in [0.25, 0.3) is 0 Å². The molecule has 1 rings (SSSR count). The number of amides is 1. The first-order valence-corrected chi connectivity index (χ1v) is 11.5. The molecule has 0 spiro atoms. The Bertz CT molecular complexity index is 616. The zero-order chi connectivity index (χ0) is 22.3. The lowest BCUT2D eigenvalue weighted by Gasteiger charge is -2.22. The molecule has 0 aliphatic carbocycles. The van der Waals surface area contributed by atoms with Gasteiger partial charge in [-0.1, -0.05) is 19.8 Å². The lowest BCUT2D eigenvalue weighted by atomic mass is 10.1. The van der Waals surface area contributed by atoms with E-state index in [1.807, 2.05) is 6.92 Å². The van der Waals surface area contributed by atoms with Crippen LogP contribution in [0.15, 0.2) is 4.99 Å². The average molecular weight is 438 g/mol. The number of nitrogens with two attached hydrogens (primary N) is 2. The molecule has 1 aliphatic heterocycles. The third-order valence-corrected chi connectivity index (χ3v) is 5.68. The van der Waals surface area contributed by atoms with Gasteiger partial charge in [-0.25, -0.2) is 17.9 Å². The summed E-state index contributed by atoms with van der Waals surface area (Å²) in [4.78, 5) is 26.5. The molecule has 1 fully saturated rings. The van der Waals surface area contributed by atoms with Crippen LogP contribution in [0.5, 0.6) is 0 Å². The first-order chi connectivity index (χ1) is 13.6. The second kappa shape index (κ2) is 14.9. The molecule has 12 heteroatoms. The summed E-state index contributed by atoms with van der Waals surface area (Å²) in [6.07, 6.45) is 5.22. The van der Waals surface area contributed by atoms with Crippen molar-refractivity contribution in [1.29, 1.82) is 0 Å². The lowest BCUT2D eigenvalue weighted by molar-refractivity contribution is -0.139. The number of rotatable bonds is 11. The highest BCUT2D eigenvalue weighted by molar-refractivity contribution is 7.89. The van der Waals surface area contributed by atoms with E-state index in [0.717, 1.165) is 38.8 Å². The van der Waals surface area contributed by atoms with Gasteiger partial charge in [0, 0.05) is 19.6 Å². The van der Waals surface area contributed by atoms with Gasteiger partial charge in [-0.15, -0.1) is 0 Å². The largest absolute Gasteiger partial charge is 0.480 e. The van der Waals surface area contributed by atoms with Crippen molar-refractivity contribution in [3.63, 3.8) is 0 Å². The van der Waals surface area contributed by atoms with Crippen LogP contribution in [0.4, 0.5) is 4.79 Å². The molecule has 1 heterocycles. The van der Waals surface area contributed by atoms with E-state index in [2.05, 4.69) is 9.71 Å². The lowest BCUT2D eigenvalue weighted by Crippen LogP contribution is -2.41. The zero-order valence-electron chi connectivity index (χ0n) is 17.0. The number of carbonyl (C=O) groups is 2. The molecule has 1 atom stereocenters. The minimum atomic E-state index is -3.57. The van der Waals surface area contributed by atoms with Gasteiger partial charge in [0.05, 0.1) is 5.75 Å². The standard InChI is InChI=1S/C11H24N4O4S.C6H11NO2/c1-2-3-4-8-20(18,19)15-9(10(16)17)6-5-7-14-11(12)13;8-6(9)7-4-2-1-3-5-7/h9,15H,2-8H2,1H3,(H,16,17)(H4,12,13,14);1-5H2,(H,8,9)/t9-;/m0./s1.